The Bertz CT molecular complexity index is 505. The molecule has 0 radical (unpaired) electrons. The van der Waals surface area contributed by atoms with Crippen molar-refractivity contribution in [3.8, 4) is 0 Å². The van der Waals surface area contributed by atoms with Gasteiger partial charge in [-0.05, 0) is 18.4 Å². The number of benzene rings is 1. The highest BCUT2D eigenvalue weighted by Gasteiger charge is 2.08. The van der Waals surface area contributed by atoms with Crippen molar-refractivity contribution in [1.29, 1.82) is 0 Å². The summed E-state index contributed by atoms with van der Waals surface area (Å²) in [6, 6.07) is 9.36. The van der Waals surface area contributed by atoms with Crippen LogP contribution < -0.4 is 10.6 Å². The van der Waals surface area contributed by atoms with Gasteiger partial charge in [0, 0.05) is 6.54 Å². The third-order valence-corrected chi connectivity index (χ3v) is 3.22. The molecule has 2 N–H and O–H groups in total. The molecule has 0 heterocycles. The van der Waals surface area contributed by atoms with Gasteiger partial charge in [0.2, 0.25) is 0 Å². The van der Waals surface area contributed by atoms with Crippen LogP contribution in [0, 0.1) is 0 Å². The maximum atomic E-state index is 11.6. The molecule has 1 aromatic rings. The number of ether oxygens (including phenoxy) is 2. The van der Waals surface area contributed by atoms with Gasteiger partial charge in [-0.25, -0.2) is 9.59 Å². The van der Waals surface area contributed by atoms with Crippen LogP contribution in [0.3, 0.4) is 0 Å². The van der Waals surface area contributed by atoms with Gasteiger partial charge in [-0.15, -0.1) is 6.58 Å². The second-order valence-electron chi connectivity index (χ2n) is 5.25. The van der Waals surface area contributed by atoms with Crippen LogP contribution in [0.15, 0.2) is 43.0 Å². The summed E-state index contributed by atoms with van der Waals surface area (Å²) in [6.07, 6.45) is 3.02. The second kappa shape index (κ2) is 12.0. The second-order valence-corrected chi connectivity index (χ2v) is 5.25. The molecule has 0 fully saturated rings. The van der Waals surface area contributed by atoms with Gasteiger partial charge in [-0.2, -0.15) is 0 Å². The molecule has 1 aromatic carbocycles. The summed E-state index contributed by atoms with van der Waals surface area (Å²) in [6.45, 7) is 6.53. The standard InChI is InChI=1S/C18H26N2O4/c1-3-9-16(4-2)20-18(22)23-13-8-12-19-17(21)24-14-15-10-6-5-7-11-15/h4-7,10-11,16H,2-3,8-9,12-14H2,1H3,(H,19,21)(H,20,22)/t16-/m0/s1. The predicted molar refractivity (Wildman–Crippen MR) is 92.6 cm³/mol. The zero-order valence-corrected chi connectivity index (χ0v) is 14.1. The van der Waals surface area contributed by atoms with Crippen LogP contribution in [0.5, 0.6) is 0 Å². The van der Waals surface area contributed by atoms with Crippen LogP contribution in [0.1, 0.15) is 31.7 Å². The molecule has 1 rings (SSSR count). The van der Waals surface area contributed by atoms with Crippen molar-refractivity contribution >= 4 is 12.2 Å². The van der Waals surface area contributed by atoms with Gasteiger partial charge in [0.05, 0.1) is 12.6 Å². The minimum Gasteiger partial charge on any atom is -0.449 e. The summed E-state index contributed by atoms with van der Waals surface area (Å²) in [5.74, 6) is 0. The van der Waals surface area contributed by atoms with Gasteiger partial charge < -0.3 is 20.1 Å². The number of carbonyl (C=O) groups is 2. The number of rotatable bonds is 10. The molecule has 0 saturated heterocycles. The maximum absolute atomic E-state index is 11.6. The summed E-state index contributed by atoms with van der Waals surface area (Å²) < 4.78 is 10.1. The van der Waals surface area contributed by atoms with E-state index in [2.05, 4.69) is 17.2 Å². The minimum atomic E-state index is -0.488. The van der Waals surface area contributed by atoms with Crippen molar-refractivity contribution in [3.05, 3.63) is 48.6 Å². The van der Waals surface area contributed by atoms with E-state index in [0.717, 1.165) is 18.4 Å². The summed E-state index contributed by atoms with van der Waals surface area (Å²) in [5.41, 5.74) is 0.927. The molecule has 0 aliphatic carbocycles. The quantitative estimate of drug-likeness (QED) is 0.508. The summed E-state index contributed by atoms with van der Waals surface area (Å²) in [4.78, 5) is 23.1. The Kier molecular flexibility index (Phi) is 9.76. The van der Waals surface area contributed by atoms with Gasteiger partial charge >= 0.3 is 12.2 Å². The van der Waals surface area contributed by atoms with Crippen LogP contribution in [0.2, 0.25) is 0 Å². The molecule has 0 unspecified atom stereocenters. The Balaban J connectivity index is 2.05. The Morgan fingerprint density at radius 2 is 1.96 bits per heavy atom. The first-order valence-electron chi connectivity index (χ1n) is 8.16. The van der Waals surface area contributed by atoms with E-state index in [1.54, 1.807) is 6.08 Å². The van der Waals surface area contributed by atoms with Gasteiger partial charge in [0.1, 0.15) is 6.61 Å². The van der Waals surface area contributed by atoms with E-state index in [0.29, 0.717) is 13.0 Å². The fourth-order valence-corrected chi connectivity index (χ4v) is 1.95. The zero-order chi connectivity index (χ0) is 17.6. The van der Waals surface area contributed by atoms with E-state index in [1.165, 1.54) is 0 Å². The molecule has 0 aliphatic rings. The molecule has 2 amide bonds. The Hall–Kier alpha value is -2.50. The first kappa shape index (κ1) is 19.5. The fourth-order valence-electron chi connectivity index (χ4n) is 1.95. The molecule has 6 heteroatoms. The van der Waals surface area contributed by atoms with Crippen molar-refractivity contribution in [2.75, 3.05) is 13.2 Å². The number of nitrogens with one attached hydrogen (secondary N) is 2. The van der Waals surface area contributed by atoms with Crippen molar-refractivity contribution < 1.29 is 19.1 Å². The molecule has 0 spiro atoms. The van der Waals surface area contributed by atoms with Crippen LogP contribution in [-0.2, 0) is 16.1 Å². The van der Waals surface area contributed by atoms with E-state index in [9.17, 15) is 9.59 Å². The largest absolute Gasteiger partial charge is 0.449 e. The van der Waals surface area contributed by atoms with Crippen molar-refractivity contribution in [2.24, 2.45) is 0 Å². The van der Waals surface area contributed by atoms with Crippen LogP contribution in [-0.4, -0.2) is 31.4 Å². The topological polar surface area (TPSA) is 76.7 Å². The molecule has 132 valence electrons. The molecule has 6 nitrogen and oxygen atoms in total. The van der Waals surface area contributed by atoms with Gasteiger partial charge in [0.25, 0.3) is 0 Å². The highest BCUT2D eigenvalue weighted by molar-refractivity contribution is 5.68. The lowest BCUT2D eigenvalue weighted by Crippen LogP contribution is -2.34. The molecule has 1 atom stereocenters. The fraction of sp³-hybridized carbons (Fsp3) is 0.444. The van der Waals surface area contributed by atoms with Crippen LogP contribution in [0.25, 0.3) is 0 Å². The average molecular weight is 334 g/mol. The Morgan fingerprint density at radius 1 is 1.21 bits per heavy atom. The smallest absolute Gasteiger partial charge is 0.407 e. The highest BCUT2D eigenvalue weighted by atomic mass is 16.6. The zero-order valence-electron chi connectivity index (χ0n) is 14.1. The number of hydrogen-bond donors (Lipinski definition) is 2. The van der Waals surface area contributed by atoms with Crippen molar-refractivity contribution in [1.82, 2.24) is 10.6 Å². The molecule has 0 saturated carbocycles. The monoisotopic (exact) mass is 334 g/mol. The SMILES string of the molecule is C=C[C@@H](CCC)NC(=O)OCCCNC(=O)OCc1ccccc1. The third-order valence-electron chi connectivity index (χ3n) is 3.22. The summed E-state index contributed by atoms with van der Waals surface area (Å²) in [7, 11) is 0. The highest BCUT2D eigenvalue weighted by Crippen LogP contribution is 2.00. The van der Waals surface area contributed by atoms with Crippen LogP contribution >= 0.6 is 0 Å². The van der Waals surface area contributed by atoms with E-state index in [1.807, 2.05) is 37.3 Å². The molecule has 0 bridgehead atoms. The number of hydrogen-bond acceptors (Lipinski definition) is 4. The summed E-state index contributed by atoms with van der Waals surface area (Å²) >= 11 is 0. The lowest BCUT2D eigenvalue weighted by molar-refractivity contribution is 0.134. The van der Waals surface area contributed by atoms with Crippen molar-refractivity contribution in [3.63, 3.8) is 0 Å². The molecular weight excluding hydrogens is 308 g/mol. The Morgan fingerprint density at radius 3 is 2.62 bits per heavy atom. The number of carbonyl (C=O) groups excluding carboxylic acids is 2. The first-order valence-corrected chi connectivity index (χ1v) is 8.16. The maximum Gasteiger partial charge on any atom is 0.407 e. The first-order chi connectivity index (χ1) is 11.7. The lowest BCUT2D eigenvalue weighted by atomic mass is 10.2. The number of amides is 2. The van der Waals surface area contributed by atoms with E-state index >= 15 is 0 Å². The van der Waals surface area contributed by atoms with E-state index < -0.39 is 12.2 Å². The molecular formula is C18H26N2O4. The Labute approximate surface area is 143 Å². The minimum absolute atomic E-state index is 0.0754. The third kappa shape index (κ3) is 8.82. The average Bonchev–Trinajstić information content (AvgIpc) is 2.60. The van der Waals surface area contributed by atoms with E-state index in [4.69, 9.17) is 9.47 Å². The van der Waals surface area contributed by atoms with Gasteiger partial charge in [-0.1, -0.05) is 49.8 Å². The molecule has 0 aromatic heterocycles. The molecule has 24 heavy (non-hydrogen) atoms. The van der Waals surface area contributed by atoms with Gasteiger partial charge in [0.15, 0.2) is 0 Å². The normalized spacial score (nSPS) is 11.2. The predicted octanol–water partition coefficient (Wildman–Crippen LogP) is 3.38. The lowest BCUT2D eigenvalue weighted by Gasteiger charge is -2.13. The van der Waals surface area contributed by atoms with Crippen molar-refractivity contribution in [2.45, 2.75) is 38.8 Å². The summed E-state index contributed by atoms with van der Waals surface area (Å²) in [5, 5.41) is 5.32. The van der Waals surface area contributed by atoms with E-state index in [-0.39, 0.29) is 19.3 Å². The molecule has 0 aliphatic heterocycles. The number of alkyl carbamates (subject to hydrolysis) is 2. The van der Waals surface area contributed by atoms with Crippen LogP contribution in [0.4, 0.5) is 9.59 Å². The van der Waals surface area contributed by atoms with Gasteiger partial charge in [-0.3, -0.25) is 0 Å².